The molecule has 0 unspecified atom stereocenters. The number of benzene rings is 1. The van der Waals surface area contributed by atoms with Crippen LogP contribution in [0.2, 0.25) is 0 Å². The van der Waals surface area contributed by atoms with Gasteiger partial charge in [0.05, 0.1) is 13.4 Å². The lowest BCUT2D eigenvalue weighted by Crippen LogP contribution is -2.46. The van der Waals surface area contributed by atoms with E-state index in [1.165, 1.54) is 6.26 Å². The van der Waals surface area contributed by atoms with Gasteiger partial charge in [-0.2, -0.15) is 0 Å². The van der Waals surface area contributed by atoms with Crippen LogP contribution in [0.5, 0.6) is 5.75 Å². The molecule has 0 saturated heterocycles. The van der Waals surface area contributed by atoms with Crippen LogP contribution in [-0.4, -0.2) is 49.6 Å². The third-order valence-electron chi connectivity index (χ3n) is 5.58. The third kappa shape index (κ3) is 6.10. The number of hydrogen-bond acceptors (Lipinski definition) is 5. The molecule has 2 aromatic rings. The standard InChI is InChI=1S/C24H32N2O5/c1-3-30-16-7-15-26(24(28)21-10-6-17-31-21)22(18-11-13-20(29-2)14-12-18)23(27)25-19-8-4-5-9-19/h6,10-14,17,19,22H,3-5,7-9,15-16H2,1-2H3,(H,25,27)/t22-/m1/s1. The Morgan fingerprint density at radius 3 is 2.55 bits per heavy atom. The van der Waals surface area contributed by atoms with Gasteiger partial charge in [0.2, 0.25) is 5.91 Å². The van der Waals surface area contributed by atoms with Gasteiger partial charge in [-0.15, -0.1) is 0 Å². The first kappa shape index (κ1) is 22.9. The molecule has 7 nitrogen and oxygen atoms in total. The van der Waals surface area contributed by atoms with Crippen LogP contribution < -0.4 is 10.1 Å². The van der Waals surface area contributed by atoms with Crippen LogP contribution in [-0.2, 0) is 9.53 Å². The summed E-state index contributed by atoms with van der Waals surface area (Å²) in [5, 5.41) is 3.16. The van der Waals surface area contributed by atoms with Gasteiger partial charge in [-0.1, -0.05) is 25.0 Å². The van der Waals surface area contributed by atoms with Crippen molar-refractivity contribution < 1.29 is 23.5 Å². The fourth-order valence-corrected chi connectivity index (χ4v) is 3.98. The molecule has 1 fully saturated rings. The lowest BCUT2D eigenvalue weighted by atomic mass is 10.0. The number of hydrogen-bond donors (Lipinski definition) is 1. The number of nitrogens with one attached hydrogen (secondary N) is 1. The highest BCUT2D eigenvalue weighted by molar-refractivity contribution is 5.96. The minimum Gasteiger partial charge on any atom is -0.497 e. The van der Waals surface area contributed by atoms with Crippen LogP contribution in [0.25, 0.3) is 0 Å². The van der Waals surface area contributed by atoms with Crippen molar-refractivity contribution in [1.82, 2.24) is 10.2 Å². The average molecular weight is 429 g/mol. The maximum Gasteiger partial charge on any atom is 0.290 e. The Morgan fingerprint density at radius 2 is 1.94 bits per heavy atom. The average Bonchev–Trinajstić information content (AvgIpc) is 3.50. The minimum atomic E-state index is -0.772. The molecular formula is C24H32N2O5. The van der Waals surface area contributed by atoms with Crippen molar-refractivity contribution >= 4 is 11.8 Å². The van der Waals surface area contributed by atoms with Gasteiger partial charge in [0, 0.05) is 25.8 Å². The number of furan rings is 1. The molecule has 0 radical (unpaired) electrons. The molecule has 1 aliphatic carbocycles. The Labute approximate surface area is 183 Å². The number of amides is 2. The van der Waals surface area contributed by atoms with Crippen molar-refractivity contribution in [3.63, 3.8) is 0 Å². The number of carbonyl (C=O) groups excluding carboxylic acids is 2. The number of nitrogens with zero attached hydrogens (tertiary/aromatic N) is 1. The van der Waals surface area contributed by atoms with Gasteiger partial charge < -0.3 is 24.1 Å². The first-order valence-electron chi connectivity index (χ1n) is 11.0. The van der Waals surface area contributed by atoms with E-state index in [1.807, 2.05) is 19.1 Å². The molecule has 0 aliphatic heterocycles. The van der Waals surface area contributed by atoms with E-state index >= 15 is 0 Å². The molecular weight excluding hydrogens is 396 g/mol. The summed E-state index contributed by atoms with van der Waals surface area (Å²) in [6.45, 7) is 3.42. The van der Waals surface area contributed by atoms with Crippen molar-refractivity contribution in [3.05, 3.63) is 54.0 Å². The van der Waals surface area contributed by atoms with Gasteiger partial charge in [-0.25, -0.2) is 0 Å². The molecule has 0 spiro atoms. The number of carbonyl (C=O) groups is 2. The summed E-state index contributed by atoms with van der Waals surface area (Å²) < 4.78 is 16.1. The fraction of sp³-hybridized carbons (Fsp3) is 0.500. The van der Waals surface area contributed by atoms with Crippen LogP contribution in [0.4, 0.5) is 0 Å². The maximum absolute atomic E-state index is 13.5. The second kappa shape index (κ2) is 11.6. The van der Waals surface area contributed by atoms with Gasteiger partial charge in [0.15, 0.2) is 5.76 Å². The number of methoxy groups -OCH3 is 1. The topological polar surface area (TPSA) is 81.0 Å². The second-order valence-corrected chi connectivity index (χ2v) is 7.69. The highest BCUT2D eigenvalue weighted by atomic mass is 16.5. The van der Waals surface area contributed by atoms with E-state index in [0.29, 0.717) is 31.9 Å². The molecule has 1 heterocycles. The molecule has 3 rings (SSSR count). The smallest absolute Gasteiger partial charge is 0.290 e. The molecule has 1 atom stereocenters. The van der Waals surface area contributed by atoms with Crippen molar-refractivity contribution in [2.45, 2.75) is 51.1 Å². The Hall–Kier alpha value is -2.80. The van der Waals surface area contributed by atoms with E-state index in [0.717, 1.165) is 31.2 Å². The monoisotopic (exact) mass is 428 g/mol. The van der Waals surface area contributed by atoms with E-state index < -0.39 is 6.04 Å². The minimum absolute atomic E-state index is 0.150. The lowest BCUT2D eigenvalue weighted by Gasteiger charge is -2.32. The summed E-state index contributed by atoms with van der Waals surface area (Å²) in [6.07, 6.45) is 6.24. The molecule has 1 aromatic carbocycles. The van der Waals surface area contributed by atoms with Crippen LogP contribution in [0.1, 0.15) is 61.2 Å². The van der Waals surface area contributed by atoms with E-state index in [9.17, 15) is 9.59 Å². The predicted octanol–water partition coefficient (Wildman–Crippen LogP) is 3.96. The highest BCUT2D eigenvalue weighted by Crippen LogP contribution is 2.27. The zero-order chi connectivity index (χ0) is 22.1. The predicted molar refractivity (Wildman–Crippen MR) is 117 cm³/mol. The molecule has 168 valence electrons. The van der Waals surface area contributed by atoms with E-state index in [2.05, 4.69) is 5.32 Å². The zero-order valence-electron chi connectivity index (χ0n) is 18.3. The van der Waals surface area contributed by atoms with E-state index in [-0.39, 0.29) is 23.6 Å². The number of rotatable bonds is 11. The summed E-state index contributed by atoms with van der Waals surface area (Å²) in [5.41, 5.74) is 0.729. The fourth-order valence-electron chi connectivity index (χ4n) is 3.98. The van der Waals surface area contributed by atoms with Gasteiger partial charge >= 0.3 is 0 Å². The first-order valence-corrected chi connectivity index (χ1v) is 11.0. The van der Waals surface area contributed by atoms with E-state index in [4.69, 9.17) is 13.9 Å². The van der Waals surface area contributed by atoms with Gasteiger partial charge in [-0.05, 0) is 56.0 Å². The first-order chi connectivity index (χ1) is 15.1. The van der Waals surface area contributed by atoms with Gasteiger partial charge in [-0.3, -0.25) is 9.59 Å². The van der Waals surface area contributed by atoms with Gasteiger partial charge in [0.1, 0.15) is 11.8 Å². The SMILES string of the molecule is CCOCCCN(C(=O)c1ccco1)[C@@H](C(=O)NC1CCCC1)c1ccc(OC)cc1. The largest absolute Gasteiger partial charge is 0.497 e. The second-order valence-electron chi connectivity index (χ2n) is 7.69. The molecule has 0 bridgehead atoms. The van der Waals surface area contributed by atoms with Crippen molar-refractivity contribution in [1.29, 1.82) is 0 Å². The van der Waals surface area contributed by atoms with Crippen molar-refractivity contribution in [2.75, 3.05) is 26.9 Å². The Balaban J connectivity index is 1.91. The van der Waals surface area contributed by atoms with Crippen LogP contribution in [0.15, 0.2) is 47.1 Å². The maximum atomic E-state index is 13.5. The summed E-state index contributed by atoms with van der Waals surface area (Å²) in [4.78, 5) is 28.4. The molecule has 31 heavy (non-hydrogen) atoms. The third-order valence-corrected chi connectivity index (χ3v) is 5.58. The Bertz CT molecular complexity index is 813. The van der Waals surface area contributed by atoms with Crippen LogP contribution in [0, 0.1) is 0 Å². The highest BCUT2D eigenvalue weighted by Gasteiger charge is 2.34. The molecule has 1 aliphatic rings. The molecule has 1 N–H and O–H groups in total. The van der Waals surface area contributed by atoms with Gasteiger partial charge in [0.25, 0.3) is 5.91 Å². The quantitative estimate of drug-likeness (QED) is 0.548. The van der Waals surface area contributed by atoms with Crippen molar-refractivity contribution in [2.24, 2.45) is 0 Å². The Morgan fingerprint density at radius 1 is 1.19 bits per heavy atom. The zero-order valence-corrected chi connectivity index (χ0v) is 18.3. The van der Waals surface area contributed by atoms with Crippen molar-refractivity contribution in [3.8, 4) is 5.75 Å². The summed E-state index contributed by atoms with van der Waals surface area (Å²) in [7, 11) is 1.60. The molecule has 1 aromatic heterocycles. The summed E-state index contributed by atoms with van der Waals surface area (Å²) in [5.74, 6) is 0.416. The summed E-state index contributed by atoms with van der Waals surface area (Å²) >= 11 is 0. The van der Waals surface area contributed by atoms with E-state index in [1.54, 1.807) is 36.3 Å². The Kier molecular flexibility index (Phi) is 8.53. The molecule has 2 amide bonds. The molecule has 1 saturated carbocycles. The number of ether oxygens (including phenoxy) is 2. The van der Waals surface area contributed by atoms with Crippen LogP contribution >= 0.6 is 0 Å². The molecule has 7 heteroatoms. The van der Waals surface area contributed by atoms with Crippen LogP contribution in [0.3, 0.4) is 0 Å². The summed E-state index contributed by atoms with van der Waals surface area (Å²) in [6, 6.07) is 9.96. The lowest BCUT2D eigenvalue weighted by molar-refractivity contribution is -0.126. The normalized spacial score (nSPS) is 14.9.